The van der Waals surface area contributed by atoms with Gasteiger partial charge in [-0.2, -0.15) is 0 Å². The fourth-order valence-corrected chi connectivity index (χ4v) is 2.37. The number of ether oxygens (including phenoxy) is 1. The van der Waals surface area contributed by atoms with Gasteiger partial charge in [0.05, 0.1) is 5.69 Å². The summed E-state index contributed by atoms with van der Waals surface area (Å²) in [6.45, 7) is 3.65. The summed E-state index contributed by atoms with van der Waals surface area (Å²) in [7, 11) is 0. The van der Waals surface area contributed by atoms with Crippen molar-refractivity contribution >= 4 is 17.5 Å². The molecule has 0 fully saturated rings. The maximum Gasteiger partial charge on any atom is 0.262 e. The molecule has 0 aliphatic heterocycles. The average Bonchev–Trinajstić information content (AvgIpc) is 3.21. The summed E-state index contributed by atoms with van der Waals surface area (Å²) in [5, 5.41) is 16.5. The second kappa shape index (κ2) is 8.76. The van der Waals surface area contributed by atoms with Gasteiger partial charge in [-0.3, -0.25) is 9.59 Å². The monoisotopic (exact) mass is 380 g/mol. The molecule has 3 rings (SSSR count). The van der Waals surface area contributed by atoms with Crippen molar-refractivity contribution in [3.8, 4) is 11.4 Å². The van der Waals surface area contributed by atoms with Crippen molar-refractivity contribution in [2.75, 3.05) is 11.9 Å². The van der Waals surface area contributed by atoms with Gasteiger partial charge in [0, 0.05) is 17.3 Å². The first-order valence-corrected chi connectivity index (χ1v) is 8.68. The number of anilines is 1. The zero-order chi connectivity index (χ0) is 19.9. The van der Waals surface area contributed by atoms with Crippen LogP contribution in [0.15, 0.2) is 54.9 Å². The normalized spacial score (nSPS) is 10.5. The molecule has 0 aliphatic carbocycles. The van der Waals surface area contributed by atoms with Gasteiger partial charge in [-0.15, -0.1) is 5.10 Å². The van der Waals surface area contributed by atoms with Crippen LogP contribution in [0.5, 0.6) is 5.75 Å². The molecule has 2 aromatic carbocycles. The molecule has 2 N–H and O–H groups in total. The third-order valence-corrected chi connectivity index (χ3v) is 3.67. The molecule has 0 saturated heterocycles. The molecule has 1 aromatic heterocycles. The summed E-state index contributed by atoms with van der Waals surface area (Å²) >= 11 is 0. The molecule has 0 spiro atoms. The predicted molar refractivity (Wildman–Crippen MR) is 102 cm³/mol. The van der Waals surface area contributed by atoms with Crippen molar-refractivity contribution in [2.45, 2.75) is 19.9 Å². The Kier molecular flexibility index (Phi) is 5.95. The van der Waals surface area contributed by atoms with Gasteiger partial charge in [0.2, 0.25) is 0 Å². The van der Waals surface area contributed by atoms with Gasteiger partial charge in [0.25, 0.3) is 11.8 Å². The lowest BCUT2D eigenvalue weighted by Crippen LogP contribution is -2.30. The SMILES string of the molecule is CC(C)NC(=O)c1ccc(NC(=O)COc2ccc(-n3cnnn3)cc2)cc1. The maximum absolute atomic E-state index is 12.1. The minimum Gasteiger partial charge on any atom is -0.484 e. The van der Waals surface area contributed by atoms with Gasteiger partial charge in [0.15, 0.2) is 6.61 Å². The second-order valence-electron chi connectivity index (χ2n) is 6.29. The third kappa shape index (κ3) is 5.13. The number of carbonyl (C=O) groups excluding carboxylic acids is 2. The summed E-state index contributed by atoms with van der Waals surface area (Å²) in [6.07, 6.45) is 1.49. The van der Waals surface area contributed by atoms with Crippen LogP contribution in [0.25, 0.3) is 5.69 Å². The Morgan fingerprint density at radius 3 is 2.39 bits per heavy atom. The van der Waals surface area contributed by atoms with E-state index in [0.717, 1.165) is 5.69 Å². The van der Waals surface area contributed by atoms with Crippen molar-refractivity contribution in [1.29, 1.82) is 0 Å². The summed E-state index contributed by atoms with van der Waals surface area (Å²) in [5.41, 5.74) is 1.90. The molecule has 0 saturated carbocycles. The quantitative estimate of drug-likeness (QED) is 0.647. The van der Waals surface area contributed by atoms with Crippen molar-refractivity contribution in [2.24, 2.45) is 0 Å². The van der Waals surface area contributed by atoms with Crippen LogP contribution in [0.3, 0.4) is 0 Å². The van der Waals surface area contributed by atoms with Crippen LogP contribution < -0.4 is 15.4 Å². The first kappa shape index (κ1) is 19.0. The molecule has 2 amide bonds. The molecule has 144 valence electrons. The van der Waals surface area contributed by atoms with Crippen LogP contribution in [0.4, 0.5) is 5.69 Å². The number of aromatic nitrogens is 4. The van der Waals surface area contributed by atoms with Gasteiger partial charge in [-0.1, -0.05) is 0 Å². The highest BCUT2D eigenvalue weighted by Crippen LogP contribution is 2.15. The Bertz CT molecular complexity index is 921. The number of amides is 2. The molecular formula is C19H20N6O3. The van der Waals surface area contributed by atoms with Crippen LogP contribution in [0, 0.1) is 0 Å². The molecule has 0 unspecified atom stereocenters. The highest BCUT2D eigenvalue weighted by molar-refractivity contribution is 5.96. The minimum atomic E-state index is -0.302. The average molecular weight is 380 g/mol. The van der Waals surface area contributed by atoms with E-state index in [1.54, 1.807) is 48.5 Å². The van der Waals surface area contributed by atoms with Crippen molar-refractivity contribution in [1.82, 2.24) is 25.5 Å². The topological polar surface area (TPSA) is 111 Å². The molecule has 28 heavy (non-hydrogen) atoms. The molecule has 9 nitrogen and oxygen atoms in total. The summed E-state index contributed by atoms with van der Waals surface area (Å²) in [5.74, 6) is 0.0953. The molecule has 1 heterocycles. The lowest BCUT2D eigenvalue weighted by atomic mass is 10.2. The third-order valence-electron chi connectivity index (χ3n) is 3.67. The number of nitrogens with zero attached hydrogens (tertiary/aromatic N) is 4. The largest absolute Gasteiger partial charge is 0.484 e. The summed E-state index contributed by atoms with van der Waals surface area (Å²) < 4.78 is 7.00. The molecule has 3 aromatic rings. The fraction of sp³-hybridized carbons (Fsp3) is 0.211. The second-order valence-corrected chi connectivity index (χ2v) is 6.29. The number of nitrogens with one attached hydrogen (secondary N) is 2. The van der Waals surface area contributed by atoms with Gasteiger partial charge < -0.3 is 15.4 Å². The van der Waals surface area contributed by atoms with Crippen LogP contribution in [-0.2, 0) is 4.79 Å². The molecule has 0 atom stereocenters. The summed E-state index contributed by atoms with van der Waals surface area (Å²) in [4.78, 5) is 24.0. The van der Waals surface area contributed by atoms with E-state index in [4.69, 9.17) is 4.74 Å². The number of hydrogen-bond donors (Lipinski definition) is 2. The highest BCUT2D eigenvalue weighted by atomic mass is 16.5. The summed E-state index contributed by atoms with van der Waals surface area (Å²) in [6, 6.07) is 13.7. The van der Waals surface area contributed by atoms with Crippen molar-refractivity contribution in [3.05, 3.63) is 60.4 Å². The van der Waals surface area contributed by atoms with E-state index in [1.807, 2.05) is 13.8 Å². The van der Waals surface area contributed by atoms with Crippen LogP contribution in [0.1, 0.15) is 24.2 Å². The number of tetrazole rings is 1. The number of hydrogen-bond acceptors (Lipinski definition) is 6. The van der Waals surface area contributed by atoms with E-state index < -0.39 is 0 Å². The zero-order valence-electron chi connectivity index (χ0n) is 15.5. The Morgan fingerprint density at radius 1 is 1.07 bits per heavy atom. The van der Waals surface area contributed by atoms with Crippen LogP contribution in [0.2, 0.25) is 0 Å². The lowest BCUT2D eigenvalue weighted by Gasteiger charge is -2.10. The highest BCUT2D eigenvalue weighted by Gasteiger charge is 2.08. The first-order valence-electron chi connectivity index (χ1n) is 8.68. The standard InChI is InChI=1S/C19H20N6O3/c1-13(2)21-19(27)14-3-5-15(6-4-14)22-18(26)11-28-17-9-7-16(8-10-17)25-12-20-23-24-25/h3-10,12-13H,11H2,1-2H3,(H,21,27)(H,22,26). The van der Waals surface area contributed by atoms with E-state index in [0.29, 0.717) is 17.0 Å². The van der Waals surface area contributed by atoms with Crippen LogP contribution >= 0.6 is 0 Å². The van der Waals surface area contributed by atoms with Gasteiger partial charge in [-0.25, -0.2) is 4.68 Å². The smallest absolute Gasteiger partial charge is 0.262 e. The van der Waals surface area contributed by atoms with E-state index in [2.05, 4.69) is 26.2 Å². The Balaban J connectivity index is 1.49. The molecule has 9 heteroatoms. The number of carbonyl (C=O) groups is 2. The van der Waals surface area contributed by atoms with Crippen LogP contribution in [-0.4, -0.2) is 44.7 Å². The van der Waals surface area contributed by atoms with Gasteiger partial charge in [0.1, 0.15) is 12.1 Å². The Labute approximate surface area is 161 Å². The van der Waals surface area contributed by atoms with Crippen molar-refractivity contribution in [3.63, 3.8) is 0 Å². The molecule has 0 radical (unpaired) electrons. The molecular weight excluding hydrogens is 360 g/mol. The maximum atomic E-state index is 12.1. The van der Waals surface area contributed by atoms with Gasteiger partial charge in [-0.05, 0) is 72.8 Å². The Morgan fingerprint density at radius 2 is 1.79 bits per heavy atom. The molecule has 0 aliphatic rings. The number of benzene rings is 2. The first-order chi connectivity index (χ1) is 13.5. The number of rotatable bonds is 7. The zero-order valence-corrected chi connectivity index (χ0v) is 15.5. The van der Waals surface area contributed by atoms with Gasteiger partial charge >= 0.3 is 0 Å². The van der Waals surface area contributed by atoms with E-state index in [1.165, 1.54) is 11.0 Å². The predicted octanol–water partition coefficient (Wildman–Crippen LogP) is 1.82. The van der Waals surface area contributed by atoms with E-state index in [-0.39, 0.29) is 24.5 Å². The Hall–Kier alpha value is -3.75. The minimum absolute atomic E-state index is 0.0611. The van der Waals surface area contributed by atoms with E-state index >= 15 is 0 Å². The van der Waals surface area contributed by atoms with Crippen molar-refractivity contribution < 1.29 is 14.3 Å². The lowest BCUT2D eigenvalue weighted by molar-refractivity contribution is -0.118. The fourth-order valence-electron chi connectivity index (χ4n) is 2.37. The van der Waals surface area contributed by atoms with E-state index in [9.17, 15) is 9.59 Å². The molecule has 0 bridgehead atoms.